The first-order valence-corrected chi connectivity index (χ1v) is 6.77. The van der Waals surface area contributed by atoms with E-state index in [-0.39, 0.29) is 0 Å². The molecule has 4 nitrogen and oxygen atoms in total. The van der Waals surface area contributed by atoms with Gasteiger partial charge in [-0.15, -0.1) is 0 Å². The van der Waals surface area contributed by atoms with Crippen LogP contribution in [0.3, 0.4) is 0 Å². The van der Waals surface area contributed by atoms with Gasteiger partial charge in [-0.25, -0.2) is 0 Å². The number of nitrogens with one attached hydrogen (secondary N) is 1. The fourth-order valence-electron chi connectivity index (χ4n) is 2.66. The molecule has 1 aliphatic heterocycles. The first-order chi connectivity index (χ1) is 9.30. The lowest BCUT2D eigenvalue weighted by Gasteiger charge is -2.26. The fourth-order valence-corrected chi connectivity index (χ4v) is 2.66. The van der Waals surface area contributed by atoms with Crippen molar-refractivity contribution in [3.8, 4) is 11.5 Å². The van der Waals surface area contributed by atoms with Crippen LogP contribution in [0.1, 0.15) is 36.4 Å². The van der Waals surface area contributed by atoms with Gasteiger partial charge in [0.05, 0.1) is 20.8 Å². The summed E-state index contributed by atoms with van der Waals surface area (Å²) < 4.78 is 16.1. The quantitative estimate of drug-likeness (QED) is 0.888. The fraction of sp³-hybridized carbons (Fsp3) is 0.600. The molecule has 4 heteroatoms. The summed E-state index contributed by atoms with van der Waals surface area (Å²) in [5.74, 6) is 1.54. The maximum atomic E-state index is 5.41. The van der Waals surface area contributed by atoms with Gasteiger partial charge < -0.3 is 19.5 Å². The summed E-state index contributed by atoms with van der Waals surface area (Å²) in [5, 5.41) is 3.57. The molecule has 0 bridgehead atoms. The molecule has 1 aliphatic rings. The van der Waals surface area contributed by atoms with Crippen molar-refractivity contribution in [3.05, 3.63) is 23.3 Å². The topological polar surface area (TPSA) is 39.7 Å². The number of ether oxygens (including phenoxy) is 3. The summed E-state index contributed by atoms with van der Waals surface area (Å²) >= 11 is 0. The summed E-state index contributed by atoms with van der Waals surface area (Å²) in [6, 6.07) is 4.49. The van der Waals surface area contributed by atoms with Gasteiger partial charge >= 0.3 is 0 Å². The van der Waals surface area contributed by atoms with Crippen LogP contribution in [0.4, 0.5) is 0 Å². The predicted octanol–water partition coefficient (Wildman–Crippen LogP) is 2.66. The molecule has 2 rings (SSSR count). The van der Waals surface area contributed by atoms with E-state index in [4.69, 9.17) is 14.2 Å². The Balaban J connectivity index is 2.37. The lowest BCUT2D eigenvalue weighted by molar-refractivity contribution is 0.182. The minimum Gasteiger partial charge on any atom is -0.493 e. The molecule has 19 heavy (non-hydrogen) atoms. The third kappa shape index (κ3) is 3.19. The number of benzene rings is 1. The van der Waals surface area contributed by atoms with Crippen molar-refractivity contribution in [3.63, 3.8) is 0 Å². The molecule has 1 aromatic rings. The van der Waals surface area contributed by atoms with Crippen LogP contribution in [0.15, 0.2) is 12.1 Å². The molecule has 1 atom stereocenters. The van der Waals surface area contributed by atoms with Gasteiger partial charge in [-0.2, -0.15) is 0 Å². The maximum absolute atomic E-state index is 5.41. The van der Waals surface area contributed by atoms with Crippen LogP contribution >= 0.6 is 0 Å². The number of piperidine rings is 1. The zero-order valence-corrected chi connectivity index (χ0v) is 12.0. The summed E-state index contributed by atoms with van der Waals surface area (Å²) in [6.45, 7) is 1.67. The lowest BCUT2D eigenvalue weighted by Crippen LogP contribution is -2.27. The van der Waals surface area contributed by atoms with Crippen molar-refractivity contribution in [2.24, 2.45) is 0 Å². The Kier molecular flexibility index (Phi) is 5.05. The van der Waals surface area contributed by atoms with Crippen molar-refractivity contribution in [1.82, 2.24) is 5.32 Å². The second-order valence-corrected chi connectivity index (χ2v) is 4.84. The molecule has 1 aromatic carbocycles. The van der Waals surface area contributed by atoms with E-state index in [1.807, 2.05) is 6.07 Å². The van der Waals surface area contributed by atoms with Crippen LogP contribution in [-0.4, -0.2) is 27.9 Å². The van der Waals surface area contributed by atoms with E-state index in [9.17, 15) is 0 Å². The third-order valence-electron chi connectivity index (χ3n) is 3.63. The van der Waals surface area contributed by atoms with E-state index in [1.54, 1.807) is 21.3 Å². The number of hydrogen-bond acceptors (Lipinski definition) is 4. The molecular formula is C15H23NO3. The lowest BCUT2D eigenvalue weighted by atomic mass is 9.93. The van der Waals surface area contributed by atoms with Crippen LogP contribution in [0.5, 0.6) is 11.5 Å². The Morgan fingerprint density at radius 1 is 1.11 bits per heavy atom. The molecule has 1 N–H and O–H groups in total. The van der Waals surface area contributed by atoms with E-state index in [1.165, 1.54) is 24.0 Å². The second-order valence-electron chi connectivity index (χ2n) is 4.84. The first kappa shape index (κ1) is 14.2. The average Bonchev–Trinajstić information content (AvgIpc) is 2.48. The Labute approximate surface area is 115 Å². The average molecular weight is 265 g/mol. The van der Waals surface area contributed by atoms with Crippen LogP contribution in [0, 0.1) is 0 Å². The molecule has 1 unspecified atom stereocenters. The highest BCUT2D eigenvalue weighted by Crippen LogP contribution is 2.35. The van der Waals surface area contributed by atoms with Crippen molar-refractivity contribution < 1.29 is 14.2 Å². The molecule has 1 fully saturated rings. The van der Waals surface area contributed by atoms with Gasteiger partial charge in [-0.05, 0) is 42.6 Å². The standard InChI is InChI=1S/C15H23NO3/c1-17-10-11-8-14(18-2)15(19-3)9-12(11)13-6-4-5-7-16-13/h8-9,13,16H,4-7,10H2,1-3H3. The molecule has 0 aliphatic carbocycles. The predicted molar refractivity (Wildman–Crippen MR) is 74.9 cm³/mol. The number of rotatable bonds is 5. The van der Waals surface area contributed by atoms with Crippen LogP contribution in [0.25, 0.3) is 0 Å². The molecule has 106 valence electrons. The van der Waals surface area contributed by atoms with Gasteiger partial charge in [-0.3, -0.25) is 0 Å². The van der Waals surface area contributed by atoms with Gasteiger partial charge in [0.1, 0.15) is 0 Å². The Hall–Kier alpha value is -1.26. The van der Waals surface area contributed by atoms with Crippen LogP contribution in [0.2, 0.25) is 0 Å². The summed E-state index contributed by atoms with van der Waals surface area (Å²) in [4.78, 5) is 0. The highest BCUT2D eigenvalue weighted by molar-refractivity contribution is 5.48. The summed E-state index contributed by atoms with van der Waals surface area (Å²) in [6.07, 6.45) is 3.67. The van der Waals surface area contributed by atoms with E-state index >= 15 is 0 Å². The van der Waals surface area contributed by atoms with Gasteiger partial charge in [0.15, 0.2) is 11.5 Å². The zero-order chi connectivity index (χ0) is 13.7. The van der Waals surface area contributed by atoms with Crippen molar-refractivity contribution in [2.45, 2.75) is 31.9 Å². The molecule has 0 saturated carbocycles. The van der Waals surface area contributed by atoms with E-state index in [0.29, 0.717) is 12.6 Å². The van der Waals surface area contributed by atoms with Crippen molar-refractivity contribution >= 4 is 0 Å². The highest BCUT2D eigenvalue weighted by atomic mass is 16.5. The zero-order valence-electron chi connectivity index (χ0n) is 12.0. The smallest absolute Gasteiger partial charge is 0.161 e. The van der Waals surface area contributed by atoms with E-state index in [2.05, 4.69) is 11.4 Å². The van der Waals surface area contributed by atoms with E-state index in [0.717, 1.165) is 24.5 Å². The first-order valence-electron chi connectivity index (χ1n) is 6.77. The number of hydrogen-bond donors (Lipinski definition) is 1. The Morgan fingerprint density at radius 3 is 2.42 bits per heavy atom. The Morgan fingerprint density at radius 2 is 1.84 bits per heavy atom. The SMILES string of the molecule is COCc1cc(OC)c(OC)cc1C1CCCCN1. The molecule has 0 amide bonds. The van der Waals surface area contributed by atoms with Gasteiger partial charge in [0.2, 0.25) is 0 Å². The molecule has 0 spiro atoms. The normalized spacial score (nSPS) is 19.2. The molecule has 1 saturated heterocycles. The Bertz CT molecular complexity index is 414. The van der Waals surface area contributed by atoms with Crippen LogP contribution < -0.4 is 14.8 Å². The molecular weight excluding hydrogens is 242 g/mol. The molecule has 1 heterocycles. The molecule has 0 aromatic heterocycles. The van der Waals surface area contributed by atoms with E-state index < -0.39 is 0 Å². The van der Waals surface area contributed by atoms with Gasteiger partial charge in [-0.1, -0.05) is 6.42 Å². The minimum absolute atomic E-state index is 0.388. The number of methoxy groups -OCH3 is 3. The van der Waals surface area contributed by atoms with Crippen molar-refractivity contribution in [1.29, 1.82) is 0 Å². The summed E-state index contributed by atoms with van der Waals surface area (Å²) in [7, 11) is 5.05. The van der Waals surface area contributed by atoms with Crippen molar-refractivity contribution in [2.75, 3.05) is 27.9 Å². The third-order valence-corrected chi connectivity index (χ3v) is 3.63. The second kappa shape index (κ2) is 6.78. The van der Waals surface area contributed by atoms with Gasteiger partial charge in [0, 0.05) is 13.2 Å². The maximum Gasteiger partial charge on any atom is 0.161 e. The largest absolute Gasteiger partial charge is 0.493 e. The molecule has 0 radical (unpaired) electrons. The minimum atomic E-state index is 0.388. The van der Waals surface area contributed by atoms with Crippen LogP contribution in [-0.2, 0) is 11.3 Å². The summed E-state index contributed by atoms with van der Waals surface area (Å²) in [5.41, 5.74) is 2.43. The highest BCUT2D eigenvalue weighted by Gasteiger charge is 2.20. The monoisotopic (exact) mass is 265 g/mol. The van der Waals surface area contributed by atoms with Gasteiger partial charge in [0.25, 0.3) is 0 Å².